The van der Waals surface area contributed by atoms with Gasteiger partial charge < -0.3 is 4.98 Å². The van der Waals surface area contributed by atoms with Gasteiger partial charge in [0.05, 0.1) is 0 Å². The van der Waals surface area contributed by atoms with E-state index in [1.54, 1.807) is 0 Å². The minimum atomic E-state index is -0.0571. The van der Waals surface area contributed by atoms with Crippen molar-refractivity contribution in [3.8, 4) is 0 Å². The Morgan fingerprint density at radius 2 is 2.10 bits per heavy atom. The molecule has 110 valence electrons. The molecule has 1 aliphatic rings. The number of fused-ring (bicyclic) bond motifs is 3. The zero-order valence-corrected chi connectivity index (χ0v) is 12.1. The third-order valence-electron chi connectivity index (χ3n) is 4.86. The third-order valence-corrected chi connectivity index (χ3v) is 4.86. The molecule has 0 amide bonds. The van der Waals surface area contributed by atoms with Gasteiger partial charge in [0.25, 0.3) is 0 Å². The first kappa shape index (κ1) is 12.6. The van der Waals surface area contributed by atoms with Gasteiger partial charge in [-0.3, -0.25) is 9.55 Å². The minimum absolute atomic E-state index is 0.0571. The highest BCUT2D eigenvalue weighted by atomic mass is 16.1. The molecule has 1 aliphatic carbocycles. The molecule has 6 heteroatoms. The van der Waals surface area contributed by atoms with Crippen molar-refractivity contribution in [2.75, 3.05) is 0 Å². The van der Waals surface area contributed by atoms with E-state index in [-0.39, 0.29) is 11.7 Å². The van der Waals surface area contributed by atoms with E-state index in [4.69, 9.17) is 0 Å². The summed E-state index contributed by atoms with van der Waals surface area (Å²) in [7, 11) is 0. The summed E-state index contributed by atoms with van der Waals surface area (Å²) in [5.74, 6) is 0.567. The highest BCUT2D eigenvalue weighted by Crippen LogP contribution is 2.37. The zero-order valence-electron chi connectivity index (χ0n) is 12.1. The van der Waals surface area contributed by atoms with E-state index in [1.165, 1.54) is 19.3 Å². The third kappa shape index (κ3) is 1.81. The second kappa shape index (κ2) is 4.72. The van der Waals surface area contributed by atoms with Crippen molar-refractivity contribution in [2.45, 2.75) is 45.1 Å². The lowest BCUT2D eigenvalue weighted by Gasteiger charge is -2.31. The van der Waals surface area contributed by atoms with Gasteiger partial charge in [0.1, 0.15) is 5.52 Å². The number of imidazole rings is 1. The summed E-state index contributed by atoms with van der Waals surface area (Å²) in [6.07, 6.45) is 7.69. The molecule has 0 unspecified atom stereocenters. The van der Waals surface area contributed by atoms with Crippen molar-refractivity contribution < 1.29 is 0 Å². The van der Waals surface area contributed by atoms with E-state index in [2.05, 4.69) is 27.1 Å². The number of nitrogens with one attached hydrogen (secondary N) is 2. The molecule has 3 aromatic rings. The Morgan fingerprint density at radius 1 is 1.29 bits per heavy atom. The van der Waals surface area contributed by atoms with Gasteiger partial charge in [-0.2, -0.15) is 0 Å². The maximum absolute atomic E-state index is 12.5. The molecule has 0 spiro atoms. The van der Waals surface area contributed by atoms with E-state index in [9.17, 15) is 4.79 Å². The van der Waals surface area contributed by atoms with Crippen molar-refractivity contribution in [1.29, 1.82) is 0 Å². The van der Waals surface area contributed by atoms with Gasteiger partial charge in [0, 0.05) is 17.6 Å². The molecule has 3 heterocycles. The SMILES string of the molecule is CC[C@@H]1CCCC[C@@H]1n1c(=O)[nH]c2nnc3[nH]ccc3c21. The Labute approximate surface area is 121 Å². The van der Waals surface area contributed by atoms with Gasteiger partial charge in [-0.05, 0) is 24.8 Å². The van der Waals surface area contributed by atoms with Gasteiger partial charge in [-0.1, -0.05) is 26.2 Å². The van der Waals surface area contributed by atoms with Crippen LogP contribution >= 0.6 is 0 Å². The van der Waals surface area contributed by atoms with Crippen LogP contribution in [0.5, 0.6) is 0 Å². The molecule has 0 aliphatic heterocycles. The summed E-state index contributed by atoms with van der Waals surface area (Å²) in [5, 5.41) is 9.24. The smallest absolute Gasteiger partial charge is 0.328 e. The molecule has 2 atom stereocenters. The van der Waals surface area contributed by atoms with Crippen LogP contribution in [0.3, 0.4) is 0 Å². The predicted octanol–water partition coefficient (Wildman–Crippen LogP) is 2.74. The second-order valence-corrected chi connectivity index (χ2v) is 5.96. The molecule has 0 aromatic carbocycles. The Bertz CT molecular complexity index is 843. The summed E-state index contributed by atoms with van der Waals surface area (Å²) in [5.41, 5.74) is 2.17. The van der Waals surface area contributed by atoms with Crippen molar-refractivity contribution in [3.63, 3.8) is 0 Å². The minimum Gasteiger partial charge on any atom is -0.345 e. The highest BCUT2D eigenvalue weighted by Gasteiger charge is 2.29. The quantitative estimate of drug-likeness (QED) is 0.759. The molecule has 0 saturated heterocycles. The molecule has 2 N–H and O–H groups in total. The molecule has 21 heavy (non-hydrogen) atoms. The topological polar surface area (TPSA) is 79.4 Å². The zero-order chi connectivity index (χ0) is 14.4. The Morgan fingerprint density at radius 3 is 2.95 bits per heavy atom. The van der Waals surface area contributed by atoms with Crippen LogP contribution in [-0.4, -0.2) is 24.7 Å². The van der Waals surface area contributed by atoms with Crippen LogP contribution in [0.4, 0.5) is 0 Å². The van der Waals surface area contributed by atoms with E-state index in [0.29, 0.717) is 11.6 Å². The summed E-state index contributed by atoms with van der Waals surface area (Å²) < 4.78 is 1.94. The van der Waals surface area contributed by atoms with Crippen LogP contribution in [0, 0.1) is 5.92 Å². The standard InChI is InChI=1S/C15H19N5O/c1-2-9-5-3-4-6-11(9)20-12-10-7-8-16-13(10)18-19-14(12)17-15(20)21/h7-9,11H,2-6H2,1H3,(H,16,18)(H,17,19,21)/t9-,11+/m1/s1. The summed E-state index contributed by atoms with van der Waals surface area (Å²) in [6, 6.07) is 2.24. The molecule has 0 radical (unpaired) electrons. The van der Waals surface area contributed by atoms with Crippen molar-refractivity contribution in [3.05, 3.63) is 22.7 Å². The van der Waals surface area contributed by atoms with E-state index in [1.807, 2.05) is 16.8 Å². The number of nitrogens with zero attached hydrogens (tertiary/aromatic N) is 3. The molecule has 1 fully saturated rings. The predicted molar refractivity (Wildman–Crippen MR) is 81.3 cm³/mol. The molecular formula is C15H19N5O. The van der Waals surface area contributed by atoms with Gasteiger partial charge in [-0.25, -0.2) is 4.79 Å². The number of aromatic nitrogens is 5. The Kier molecular flexibility index (Phi) is 2.83. The van der Waals surface area contributed by atoms with Gasteiger partial charge in [0.15, 0.2) is 11.3 Å². The normalized spacial score (nSPS) is 23.1. The number of aromatic amines is 2. The average Bonchev–Trinajstić information content (AvgIpc) is 3.09. The Balaban J connectivity index is 2.00. The van der Waals surface area contributed by atoms with Crippen LogP contribution in [-0.2, 0) is 0 Å². The fourth-order valence-corrected chi connectivity index (χ4v) is 3.82. The van der Waals surface area contributed by atoms with Crippen molar-refractivity contribution >= 4 is 22.2 Å². The lowest BCUT2D eigenvalue weighted by molar-refractivity contribution is 0.233. The van der Waals surface area contributed by atoms with Crippen LogP contribution in [0.1, 0.15) is 45.1 Å². The maximum atomic E-state index is 12.5. The average molecular weight is 285 g/mol. The second-order valence-electron chi connectivity index (χ2n) is 5.96. The molecule has 3 aromatic heterocycles. The number of hydrogen-bond donors (Lipinski definition) is 2. The van der Waals surface area contributed by atoms with Crippen LogP contribution in [0.15, 0.2) is 17.1 Å². The summed E-state index contributed by atoms with van der Waals surface area (Å²) in [6.45, 7) is 2.22. The summed E-state index contributed by atoms with van der Waals surface area (Å²) >= 11 is 0. The first-order valence-corrected chi connectivity index (χ1v) is 7.73. The van der Waals surface area contributed by atoms with Crippen LogP contribution in [0.2, 0.25) is 0 Å². The first-order valence-electron chi connectivity index (χ1n) is 7.73. The van der Waals surface area contributed by atoms with Crippen LogP contribution < -0.4 is 5.69 Å². The van der Waals surface area contributed by atoms with Gasteiger partial charge in [-0.15, -0.1) is 10.2 Å². The number of H-pyrrole nitrogens is 2. The lowest BCUT2D eigenvalue weighted by atomic mass is 9.82. The molecular weight excluding hydrogens is 266 g/mol. The number of hydrogen-bond acceptors (Lipinski definition) is 3. The van der Waals surface area contributed by atoms with Crippen molar-refractivity contribution in [1.82, 2.24) is 24.7 Å². The number of rotatable bonds is 2. The molecule has 0 bridgehead atoms. The van der Waals surface area contributed by atoms with E-state index in [0.717, 1.165) is 29.4 Å². The van der Waals surface area contributed by atoms with Gasteiger partial charge >= 0.3 is 5.69 Å². The van der Waals surface area contributed by atoms with Crippen LogP contribution in [0.25, 0.3) is 22.2 Å². The maximum Gasteiger partial charge on any atom is 0.328 e. The largest absolute Gasteiger partial charge is 0.345 e. The lowest BCUT2D eigenvalue weighted by Crippen LogP contribution is -2.30. The monoisotopic (exact) mass is 285 g/mol. The fourth-order valence-electron chi connectivity index (χ4n) is 3.82. The molecule has 1 saturated carbocycles. The molecule has 6 nitrogen and oxygen atoms in total. The van der Waals surface area contributed by atoms with E-state index >= 15 is 0 Å². The molecule has 4 rings (SSSR count). The summed E-state index contributed by atoms with van der Waals surface area (Å²) in [4.78, 5) is 18.4. The van der Waals surface area contributed by atoms with Crippen molar-refractivity contribution in [2.24, 2.45) is 5.92 Å². The fraction of sp³-hybridized carbons (Fsp3) is 0.533. The van der Waals surface area contributed by atoms with E-state index < -0.39 is 0 Å². The highest BCUT2D eigenvalue weighted by molar-refractivity contribution is 5.99. The van der Waals surface area contributed by atoms with Gasteiger partial charge in [0.2, 0.25) is 0 Å². The first-order chi connectivity index (χ1) is 10.3. The Hall–Kier alpha value is -2.11.